The molecule has 0 amide bonds. The number of nitrogens with zero attached hydrogens (tertiary/aromatic N) is 3. The van der Waals surface area contributed by atoms with Gasteiger partial charge in [-0.25, -0.2) is 0 Å². The van der Waals surface area contributed by atoms with Gasteiger partial charge in [0.1, 0.15) is 11.4 Å². The van der Waals surface area contributed by atoms with E-state index in [4.69, 9.17) is 9.26 Å². The Morgan fingerprint density at radius 1 is 1.06 bits per heavy atom. The van der Waals surface area contributed by atoms with Crippen LogP contribution in [0.3, 0.4) is 0 Å². The van der Waals surface area contributed by atoms with E-state index in [0.29, 0.717) is 29.4 Å². The molecule has 0 aliphatic rings. The Kier molecular flexibility index (Phi) is 5.61. The fraction of sp³-hybridized carbons (Fsp3) is 0.130. The molecule has 0 bridgehead atoms. The second kappa shape index (κ2) is 8.66. The molecule has 0 aliphatic heterocycles. The molecule has 1 N–H and O–H groups in total. The second-order valence-corrected chi connectivity index (χ2v) is 6.94. The van der Waals surface area contributed by atoms with Crippen LogP contribution in [0, 0.1) is 17.0 Å². The van der Waals surface area contributed by atoms with Crippen molar-refractivity contribution in [3.05, 3.63) is 88.0 Å². The van der Waals surface area contributed by atoms with Crippen LogP contribution >= 0.6 is 0 Å². The van der Waals surface area contributed by atoms with E-state index in [1.165, 1.54) is 6.07 Å². The summed E-state index contributed by atoms with van der Waals surface area (Å²) in [6.45, 7) is 2.37. The molecule has 1 aromatic heterocycles. The summed E-state index contributed by atoms with van der Waals surface area (Å²) >= 11 is 0. The molecule has 8 heteroatoms. The maximum Gasteiger partial charge on any atom is 0.293 e. The summed E-state index contributed by atoms with van der Waals surface area (Å²) in [5.41, 5.74) is 3.60. The van der Waals surface area contributed by atoms with Crippen LogP contribution in [0.2, 0.25) is 0 Å². The third kappa shape index (κ3) is 4.37. The van der Waals surface area contributed by atoms with Gasteiger partial charge in [0, 0.05) is 29.3 Å². The lowest BCUT2D eigenvalue weighted by molar-refractivity contribution is -0.383. The van der Waals surface area contributed by atoms with Crippen molar-refractivity contribution in [1.29, 1.82) is 0 Å². The lowest BCUT2D eigenvalue weighted by Crippen LogP contribution is -2.04. The zero-order valence-electron chi connectivity index (χ0n) is 17.0. The Hall–Kier alpha value is -4.20. The predicted molar refractivity (Wildman–Crippen MR) is 117 cm³/mol. The van der Waals surface area contributed by atoms with Gasteiger partial charge in [-0.2, -0.15) is 4.98 Å². The van der Waals surface area contributed by atoms with E-state index in [2.05, 4.69) is 15.5 Å². The number of aromatic nitrogens is 2. The molecule has 0 spiro atoms. The first-order chi connectivity index (χ1) is 15.0. The van der Waals surface area contributed by atoms with Crippen LogP contribution in [0.5, 0.6) is 5.75 Å². The van der Waals surface area contributed by atoms with Crippen molar-refractivity contribution in [2.24, 2.45) is 0 Å². The minimum absolute atomic E-state index is 0.0810. The van der Waals surface area contributed by atoms with Crippen LogP contribution in [0.15, 0.2) is 71.3 Å². The summed E-state index contributed by atoms with van der Waals surface area (Å²) < 4.78 is 10.7. The second-order valence-electron chi connectivity index (χ2n) is 6.94. The highest BCUT2D eigenvalue weighted by Crippen LogP contribution is 2.32. The number of rotatable bonds is 7. The first-order valence-electron chi connectivity index (χ1n) is 9.60. The molecule has 0 saturated carbocycles. The molecular weight excluding hydrogens is 396 g/mol. The quantitative estimate of drug-likeness (QED) is 0.324. The third-order valence-electron chi connectivity index (χ3n) is 4.84. The van der Waals surface area contributed by atoms with Crippen LogP contribution in [-0.2, 0) is 6.54 Å². The first-order valence-corrected chi connectivity index (χ1v) is 9.60. The molecule has 8 nitrogen and oxygen atoms in total. The number of benzene rings is 3. The molecule has 3 aromatic carbocycles. The average molecular weight is 416 g/mol. The predicted octanol–water partition coefficient (Wildman–Crippen LogP) is 5.24. The van der Waals surface area contributed by atoms with Crippen molar-refractivity contribution in [3.8, 4) is 28.6 Å². The van der Waals surface area contributed by atoms with Crippen molar-refractivity contribution < 1.29 is 14.2 Å². The van der Waals surface area contributed by atoms with Crippen LogP contribution in [0.4, 0.5) is 11.4 Å². The number of nitro groups is 1. The molecule has 4 rings (SSSR count). The van der Waals surface area contributed by atoms with Gasteiger partial charge < -0.3 is 14.6 Å². The number of nitro benzene ring substituents is 1. The lowest BCUT2D eigenvalue weighted by Gasteiger charge is -2.11. The van der Waals surface area contributed by atoms with Crippen LogP contribution in [-0.4, -0.2) is 22.2 Å². The van der Waals surface area contributed by atoms with Crippen molar-refractivity contribution in [2.75, 3.05) is 12.4 Å². The standard InChI is InChI=1S/C23H20N4O4/c1-15-7-9-16(10-8-15)22-25-23(31-26-22)17-11-12-19(20(13-17)27(28)29)24-14-18-5-3-4-6-21(18)30-2/h3-13,24H,14H2,1-2H3. The highest BCUT2D eigenvalue weighted by atomic mass is 16.6. The number of anilines is 1. The van der Waals surface area contributed by atoms with Crippen molar-refractivity contribution in [2.45, 2.75) is 13.5 Å². The highest BCUT2D eigenvalue weighted by Gasteiger charge is 2.19. The molecule has 0 radical (unpaired) electrons. The number of methoxy groups -OCH3 is 1. The molecule has 156 valence electrons. The summed E-state index contributed by atoms with van der Waals surface area (Å²) in [7, 11) is 1.59. The van der Waals surface area contributed by atoms with Gasteiger partial charge in [0.15, 0.2) is 0 Å². The highest BCUT2D eigenvalue weighted by molar-refractivity contribution is 5.70. The van der Waals surface area contributed by atoms with Crippen molar-refractivity contribution >= 4 is 11.4 Å². The first kappa shape index (κ1) is 20.1. The summed E-state index contributed by atoms with van der Waals surface area (Å²) in [5.74, 6) is 1.36. The van der Waals surface area contributed by atoms with Crippen molar-refractivity contribution in [1.82, 2.24) is 10.1 Å². The normalized spacial score (nSPS) is 10.6. The van der Waals surface area contributed by atoms with E-state index < -0.39 is 4.92 Å². The Labute approximate surface area is 178 Å². The molecule has 0 atom stereocenters. The van der Waals surface area contributed by atoms with Gasteiger partial charge in [-0.3, -0.25) is 10.1 Å². The molecule has 1 heterocycles. The van der Waals surface area contributed by atoms with E-state index in [1.807, 2.05) is 55.5 Å². The monoisotopic (exact) mass is 416 g/mol. The van der Waals surface area contributed by atoms with Gasteiger partial charge in [-0.05, 0) is 25.1 Å². The number of hydrogen-bond donors (Lipinski definition) is 1. The van der Waals surface area contributed by atoms with E-state index >= 15 is 0 Å². The molecular formula is C23H20N4O4. The van der Waals surface area contributed by atoms with Crippen LogP contribution < -0.4 is 10.1 Å². The Morgan fingerprint density at radius 2 is 1.81 bits per heavy atom. The largest absolute Gasteiger partial charge is 0.496 e. The van der Waals surface area contributed by atoms with E-state index in [1.54, 1.807) is 19.2 Å². The summed E-state index contributed by atoms with van der Waals surface area (Å²) in [4.78, 5) is 15.6. The fourth-order valence-electron chi connectivity index (χ4n) is 3.17. The van der Waals surface area contributed by atoms with Gasteiger partial charge >= 0.3 is 0 Å². The summed E-state index contributed by atoms with van der Waals surface area (Å²) in [6.07, 6.45) is 0. The Morgan fingerprint density at radius 3 is 2.55 bits per heavy atom. The zero-order valence-corrected chi connectivity index (χ0v) is 17.0. The third-order valence-corrected chi connectivity index (χ3v) is 4.84. The number of hydrogen-bond acceptors (Lipinski definition) is 7. The van der Waals surface area contributed by atoms with Gasteiger partial charge in [0.25, 0.3) is 11.6 Å². The van der Waals surface area contributed by atoms with Gasteiger partial charge in [-0.1, -0.05) is 53.2 Å². The van der Waals surface area contributed by atoms with E-state index in [0.717, 1.165) is 16.7 Å². The SMILES string of the molecule is COc1ccccc1CNc1ccc(-c2nc(-c3ccc(C)cc3)no2)cc1[N+](=O)[O-]. The van der Waals surface area contributed by atoms with Crippen molar-refractivity contribution in [3.63, 3.8) is 0 Å². The van der Waals surface area contributed by atoms with Gasteiger partial charge in [0.05, 0.1) is 12.0 Å². The summed E-state index contributed by atoms with van der Waals surface area (Å²) in [5, 5.41) is 18.8. The number of nitrogens with one attached hydrogen (secondary N) is 1. The molecule has 0 saturated heterocycles. The van der Waals surface area contributed by atoms with E-state index in [9.17, 15) is 10.1 Å². The zero-order chi connectivity index (χ0) is 21.8. The minimum atomic E-state index is -0.439. The topological polar surface area (TPSA) is 103 Å². The molecule has 0 aliphatic carbocycles. The number of aryl methyl sites for hydroxylation is 1. The Bertz CT molecular complexity index is 1220. The van der Waals surface area contributed by atoms with E-state index in [-0.39, 0.29) is 11.6 Å². The van der Waals surface area contributed by atoms with Gasteiger partial charge in [0.2, 0.25) is 5.82 Å². The van der Waals surface area contributed by atoms with Gasteiger partial charge in [-0.15, -0.1) is 0 Å². The minimum Gasteiger partial charge on any atom is -0.496 e. The molecule has 31 heavy (non-hydrogen) atoms. The smallest absolute Gasteiger partial charge is 0.293 e. The number of para-hydroxylation sites is 1. The fourth-order valence-corrected chi connectivity index (χ4v) is 3.17. The maximum absolute atomic E-state index is 11.7. The molecule has 0 unspecified atom stereocenters. The lowest BCUT2D eigenvalue weighted by atomic mass is 10.1. The summed E-state index contributed by atoms with van der Waals surface area (Å²) in [6, 6.07) is 20.0. The average Bonchev–Trinajstić information content (AvgIpc) is 3.28. The van der Waals surface area contributed by atoms with Crippen LogP contribution in [0.1, 0.15) is 11.1 Å². The maximum atomic E-state index is 11.7. The molecule has 0 fully saturated rings. The Balaban J connectivity index is 1.59. The molecule has 4 aromatic rings. The number of ether oxygens (including phenoxy) is 1. The van der Waals surface area contributed by atoms with Crippen LogP contribution in [0.25, 0.3) is 22.8 Å².